The molecule has 0 bridgehead atoms. The Morgan fingerprint density at radius 2 is 2.00 bits per heavy atom. The number of para-hydroxylation sites is 1. The first kappa shape index (κ1) is 17.5. The Hall–Kier alpha value is -2.34. The van der Waals surface area contributed by atoms with Crippen LogP contribution in [-0.4, -0.2) is 46.3 Å². The highest BCUT2D eigenvalue weighted by molar-refractivity contribution is 5.92. The highest BCUT2D eigenvalue weighted by Crippen LogP contribution is 2.22. The van der Waals surface area contributed by atoms with Gasteiger partial charge in [0.05, 0.1) is 17.9 Å². The number of likely N-dealkylation sites (tertiary alicyclic amines) is 1. The molecule has 1 fully saturated rings. The van der Waals surface area contributed by atoms with E-state index in [0.717, 1.165) is 48.6 Å². The van der Waals surface area contributed by atoms with Gasteiger partial charge in [-0.25, -0.2) is 0 Å². The molecule has 0 radical (unpaired) electrons. The van der Waals surface area contributed by atoms with Crippen molar-refractivity contribution in [3.8, 4) is 5.75 Å². The van der Waals surface area contributed by atoms with Gasteiger partial charge in [0.15, 0.2) is 0 Å². The number of benzene rings is 1. The molecule has 134 valence electrons. The van der Waals surface area contributed by atoms with Crippen LogP contribution < -0.4 is 10.1 Å². The van der Waals surface area contributed by atoms with Crippen LogP contribution in [0.15, 0.2) is 30.5 Å². The third kappa shape index (κ3) is 4.60. The summed E-state index contributed by atoms with van der Waals surface area (Å²) in [6, 6.07) is 8.11. The van der Waals surface area contributed by atoms with E-state index in [9.17, 15) is 4.79 Å². The Kier molecular flexibility index (Phi) is 5.38. The highest BCUT2D eigenvalue weighted by Gasteiger charge is 2.22. The van der Waals surface area contributed by atoms with E-state index in [1.54, 1.807) is 4.68 Å². The second-order valence-corrected chi connectivity index (χ2v) is 6.71. The van der Waals surface area contributed by atoms with Gasteiger partial charge in [0, 0.05) is 26.3 Å². The van der Waals surface area contributed by atoms with E-state index in [1.165, 1.54) is 0 Å². The number of piperidine rings is 1. The first-order chi connectivity index (χ1) is 12.0. The van der Waals surface area contributed by atoms with E-state index in [4.69, 9.17) is 4.74 Å². The fourth-order valence-corrected chi connectivity index (χ4v) is 3.17. The van der Waals surface area contributed by atoms with Crippen LogP contribution in [0.5, 0.6) is 5.75 Å². The third-order valence-electron chi connectivity index (χ3n) is 4.58. The number of ether oxygens (including phenoxy) is 1. The van der Waals surface area contributed by atoms with Gasteiger partial charge in [0.1, 0.15) is 11.9 Å². The molecular formula is C19H26N4O2. The van der Waals surface area contributed by atoms with Gasteiger partial charge in [-0.15, -0.1) is 0 Å². The molecule has 25 heavy (non-hydrogen) atoms. The Morgan fingerprint density at radius 1 is 1.28 bits per heavy atom. The van der Waals surface area contributed by atoms with E-state index >= 15 is 0 Å². The second kappa shape index (κ2) is 7.70. The van der Waals surface area contributed by atoms with Crippen LogP contribution >= 0.6 is 0 Å². The van der Waals surface area contributed by atoms with Crippen LogP contribution in [0.3, 0.4) is 0 Å². The summed E-state index contributed by atoms with van der Waals surface area (Å²) in [6.07, 6.45) is 3.93. The molecule has 0 saturated carbocycles. The zero-order valence-corrected chi connectivity index (χ0v) is 15.2. The minimum atomic E-state index is 0.00868. The van der Waals surface area contributed by atoms with Crippen LogP contribution in [0.1, 0.15) is 24.1 Å². The average Bonchev–Trinajstić information content (AvgIpc) is 2.88. The van der Waals surface area contributed by atoms with Crippen LogP contribution in [0.2, 0.25) is 0 Å². The molecule has 1 amide bonds. The summed E-state index contributed by atoms with van der Waals surface area (Å²) in [5.74, 6) is 0.972. The molecule has 1 aliphatic rings. The molecule has 2 heterocycles. The summed E-state index contributed by atoms with van der Waals surface area (Å²) in [6.45, 7) is 6.11. The van der Waals surface area contributed by atoms with Crippen LogP contribution in [0, 0.1) is 13.8 Å². The number of nitrogens with one attached hydrogen (secondary N) is 1. The summed E-state index contributed by atoms with van der Waals surface area (Å²) in [4.78, 5) is 14.4. The normalized spacial score (nSPS) is 16.0. The molecule has 3 rings (SSSR count). The average molecular weight is 342 g/mol. The number of rotatable bonds is 5. The van der Waals surface area contributed by atoms with Crippen molar-refractivity contribution in [3.05, 3.63) is 41.7 Å². The molecular weight excluding hydrogens is 316 g/mol. The molecule has 0 atom stereocenters. The van der Waals surface area contributed by atoms with Crippen LogP contribution in [0.25, 0.3) is 0 Å². The number of aryl methyl sites for hydroxylation is 3. The Balaban J connectivity index is 1.45. The summed E-state index contributed by atoms with van der Waals surface area (Å²) in [5, 5.41) is 7.18. The standard InChI is InChI=1S/C19H26N4O2/c1-14-6-4-5-7-18(14)25-16-8-10-23(11-9-16)13-19(24)20-17-12-22(3)21-15(17)2/h4-7,12,16H,8-11,13H2,1-3H3,(H,20,24). The molecule has 1 aromatic carbocycles. The topological polar surface area (TPSA) is 59.4 Å². The largest absolute Gasteiger partial charge is 0.490 e. The molecule has 1 aliphatic heterocycles. The van der Waals surface area contributed by atoms with Gasteiger partial charge in [0.2, 0.25) is 5.91 Å². The quantitative estimate of drug-likeness (QED) is 0.907. The van der Waals surface area contributed by atoms with Crippen molar-refractivity contribution in [2.24, 2.45) is 7.05 Å². The van der Waals surface area contributed by atoms with Crippen molar-refractivity contribution >= 4 is 11.6 Å². The van der Waals surface area contributed by atoms with Gasteiger partial charge >= 0.3 is 0 Å². The minimum absolute atomic E-state index is 0.00868. The monoisotopic (exact) mass is 342 g/mol. The van der Waals surface area contributed by atoms with Gasteiger partial charge in [-0.3, -0.25) is 14.4 Å². The Labute approximate surface area is 148 Å². The summed E-state index contributed by atoms with van der Waals surface area (Å²) >= 11 is 0. The fourth-order valence-electron chi connectivity index (χ4n) is 3.17. The van der Waals surface area contributed by atoms with E-state index in [1.807, 2.05) is 38.4 Å². The van der Waals surface area contributed by atoms with Gasteiger partial charge in [-0.2, -0.15) is 5.10 Å². The lowest BCUT2D eigenvalue weighted by Crippen LogP contribution is -2.42. The van der Waals surface area contributed by atoms with E-state index in [0.29, 0.717) is 6.54 Å². The van der Waals surface area contributed by atoms with Crippen molar-refractivity contribution in [2.75, 3.05) is 25.0 Å². The SMILES string of the molecule is Cc1ccccc1OC1CCN(CC(=O)Nc2cn(C)nc2C)CC1. The van der Waals surface area contributed by atoms with E-state index < -0.39 is 0 Å². The maximum absolute atomic E-state index is 12.2. The van der Waals surface area contributed by atoms with Crippen molar-refractivity contribution in [1.29, 1.82) is 0 Å². The molecule has 6 nitrogen and oxygen atoms in total. The molecule has 0 aliphatic carbocycles. The lowest BCUT2D eigenvalue weighted by molar-refractivity contribution is -0.117. The second-order valence-electron chi connectivity index (χ2n) is 6.71. The molecule has 0 unspecified atom stereocenters. The Morgan fingerprint density at radius 3 is 2.64 bits per heavy atom. The molecule has 6 heteroatoms. The number of carbonyl (C=O) groups excluding carboxylic acids is 1. The zero-order valence-electron chi connectivity index (χ0n) is 15.2. The summed E-state index contributed by atoms with van der Waals surface area (Å²) < 4.78 is 7.82. The highest BCUT2D eigenvalue weighted by atomic mass is 16.5. The van der Waals surface area contributed by atoms with Crippen LogP contribution in [0.4, 0.5) is 5.69 Å². The predicted octanol–water partition coefficient (Wildman–Crippen LogP) is 2.52. The maximum atomic E-state index is 12.2. The van der Waals surface area contributed by atoms with Crippen molar-refractivity contribution < 1.29 is 9.53 Å². The van der Waals surface area contributed by atoms with Crippen molar-refractivity contribution in [3.63, 3.8) is 0 Å². The van der Waals surface area contributed by atoms with Crippen molar-refractivity contribution in [2.45, 2.75) is 32.8 Å². The number of anilines is 1. The number of nitrogens with zero attached hydrogens (tertiary/aromatic N) is 3. The molecule has 1 N–H and O–H groups in total. The van der Waals surface area contributed by atoms with Gasteiger partial charge in [-0.05, 0) is 38.3 Å². The van der Waals surface area contributed by atoms with E-state index in [2.05, 4.69) is 28.3 Å². The van der Waals surface area contributed by atoms with E-state index in [-0.39, 0.29) is 12.0 Å². The number of hydrogen-bond donors (Lipinski definition) is 1. The van der Waals surface area contributed by atoms with Gasteiger partial charge in [0.25, 0.3) is 0 Å². The summed E-state index contributed by atoms with van der Waals surface area (Å²) in [7, 11) is 1.85. The first-order valence-corrected chi connectivity index (χ1v) is 8.76. The predicted molar refractivity (Wildman–Crippen MR) is 97.8 cm³/mol. The number of hydrogen-bond acceptors (Lipinski definition) is 4. The first-order valence-electron chi connectivity index (χ1n) is 8.76. The number of amides is 1. The number of aromatic nitrogens is 2. The number of carbonyl (C=O) groups is 1. The fraction of sp³-hybridized carbons (Fsp3) is 0.474. The van der Waals surface area contributed by atoms with Crippen molar-refractivity contribution in [1.82, 2.24) is 14.7 Å². The lowest BCUT2D eigenvalue weighted by Gasteiger charge is -2.31. The maximum Gasteiger partial charge on any atom is 0.238 e. The minimum Gasteiger partial charge on any atom is -0.490 e. The molecule has 2 aromatic rings. The molecule has 1 saturated heterocycles. The van der Waals surface area contributed by atoms with Gasteiger partial charge in [-0.1, -0.05) is 18.2 Å². The summed E-state index contributed by atoms with van der Waals surface area (Å²) in [5.41, 5.74) is 2.78. The molecule has 0 spiro atoms. The zero-order chi connectivity index (χ0) is 17.8. The smallest absolute Gasteiger partial charge is 0.238 e. The molecule has 1 aromatic heterocycles. The Bertz CT molecular complexity index is 733. The third-order valence-corrected chi connectivity index (χ3v) is 4.58. The lowest BCUT2D eigenvalue weighted by atomic mass is 10.1. The van der Waals surface area contributed by atoms with Gasteiger partial charge < -0.3 is 10.1 Å². The van der Waals surface area contributed by atoms with Crippen LogP contribution in [-0.2, 0) is 11.8 Å².